The number of para-hydroxylation sites is 1. The third-order valence-corrected chi connectivity index (χ3v) is 8.17. The molecule has 5 nitrogen and oxygen atoms in total. The summed E-state index contributed by atoms with van der Waals surface area (Å²) >= 11 is 1.60. The Morgan fingerprint density at radius 2 is 1.79 bits per heavy atom. The van der Waals surface area contributed by atoms with Gasteiger partial charge in [0.2, 0.25) is 0 Å². The van der Waals surface area contributed by atoms with E-state index in [0.29, 0.717) is 11.8 Å². The van der Waals surface area contributed by atoms with Gasteiger partial charge in [-0.2, -0.15) is 0 Å². The van der Waals surface area contributed by atoms with Crippen LogP contribution in [0.15, 0.2) is 24.3 Å². The van der Waals surface area contributed by atoms with Gasteiger partial charge in [0, 0.05) is 13.0 Å². The molecule has 4 fully saturated rings. The zero-order chi connectivity index (χ0) is 19.8. The van der Waals surface area contributed by atoms with Gasteiger partial charge in [0.1, 0.15) is 0 Å². The first-order valence-corrected chi connectivity index (χ1v) is 11.7. The first-order valence-electron chi connectivity index (χ1n) is 10.8. The number of aryl methyl sites for hydroxylation is 1. The Labute approximate surface area is 175 Å². The number of amides is 1. The van der Waals surface area contributed by atoms with E-state index in [4.69, 9.17) is 4.74 Å². The van der Waals surface area contributed by atoms with Crippen LogP contribution >= 0.6 is 11.3 Å². The summed E-state index contributed by atoms with van der Waals surface area (Å²) < 4.78 is 6.32. The zero-order valence-electron chi connectivity index (χ0n) is 16.7. The Morgan fingerprint density at radius 3 is 2.48 bits per heavy atom. The molecule has 4 aliphatic carbocycles. The molecule has 4 saturated carbocycles. The third kappa shape index (κ3) is 4.18. The average molecular weight is 413 g/mol. The number of aromatic nitrogens is 1. The van der Waals surface area contributed by atoms with Crippen LogP contribution in [0.5, 0.6) is 0 Å². The summed E-state index contributed by atoms with van der Waals surface area (Å²) in [6.45, 7) is 0.573. The molecule has 1 N–H and O–H groups in total. The summed E-state index contributed by atoms with van der Waals surface area (Å²) in [4.78, 5) is 28.8. The van der Waals surface area contributed by atoms with Crippen molar-refractivity contribution in [3.63, 3.8) is 0 Å². The topological polar surface area (TPSA) is 68.3 Å². The van der Waals surface area contributed by atoms with E-state index >= 15 is 0 Å². The molecule has 1 heterocycles. The monoisotopic (exact) mass is 412 g/mol. The van der Waals surface area contributed by atoms with Crippen molar-refractivity contribution in [2.45, 2.75) is 51.4 Å². The standard InChI is InChI=1S/C23H28N2O3S/c26-20(24-14-23-10-15-7-16(11-23)9-17(8-15)12-23)13-28-22(27)6-5-21-25-18-3-1-2-4-19(18)29-21/h1-4,15-17H,5-14H2,(H,24,26). The molecule has 0 unspecified atom stereocenters. The van der Waals surface area contributed by atoms with Crippen LogP contribution in [-0.4, -0.2) is 30.0 Å². The molecule has 0 radical (unpaired) electrons. The smallest absolute Gasteiger partial charge is 0.306 e. The maximum absolute atomic E-state index is 12.2. The number of nitrogens with zero attached hydrogens (tertiary/aromatic N) is 1. The molecule has 0 aliphatic heterocycles. The zero-order valence-corrected chi connectivity index (χ0v) is 17.5. The molecule has 29 heavy (non-hydrogen) atoms. The maximum atomic E-state index is 12.2. The Balaban J connectivity index is 1.05. The van der Waals surface area contributed by atoms with Gasteiger partial charge in [-0.25, -0.2) is 4.98 Å². The average Bonchev–Trinajstić information content (AvgIpc) is 3.11. The van der Waals surface area contributed by atoms with Gasteiger partial charge in [0.25, 0.3) is 5.91 Å². The number of hydrogen-bond acceptors (Lipinski definition) is 5. The predicted octanol–water partition coefficient (Wildman–Crippen LogP) is 4.10. The lowest BCUT2D eigenvalue weighted by molar-refractivity contribution is -0.148. The number of hydrogen-bond donors (Lipinski definition) is 1. The molecule has 6 rings (SSSR count). The Kier molecular flexibility index (Phi) is 5.06. The largest absolute Gasteiger partial charge is 0.456 e. The molecule has 1 aromatic heterocycles. The number of nitrogens with one attached hydrogen (secondary N) is 1. The molecule has 0 atom stereocenters. The van der Waals surface area contributed by atoms with E-state index in [1.807, 2.05) is 24.3 Å². The van der Waals surface area contributed by atoms with Crippen LogP contribution in [-0.2, 0) is 20.7 Å². The first-order chi connectivity index (χ1) is 14.1. The number of ether oxygens (including phenoxy) is 1. The van der Waals surface area contributed by atoms with Crippen molar-refractivity contribution in [3.05, 3.63) is 29.3 Å². The van der Waals surface area contributed by atoms with E-state index in [9.17, 15) is 9.59 Å². The summed E-state index contributed by atoms with van der Waals surface area (Å²) in [6.07, 6.45) is 8.80. The van der Waals surface area contributed by atoms with Crippen molar-refractivity contribution >= 4 is 33.4 Å². The molecule has 2 aromatic rings. The number of carbonyl (C=O) groups is 2. The lowest BCUT2D eigenvalue weighted by atomic mass is 9.49. The molecule has 1 aromatic carbocycles. The predicted molar refractivity (Wildman–Crippen MR) is 113 cm³/mol. The molecular formula is C23H28N2O3S. The van der Waals surface area contributed by atoms with Crippen LogP contribution in [0, 0.1) is 23.2 Å². The Bertz CT molecular complexity index is 853. The van der Waals surface area contributed by atoms with Gasteiger partial charge < -0.3 is 10.1 Å². The first kappa shape index (κ1) is 19.0. The Hall–Kier alpha value is -1.95. The molecule has 1 amide bonds. The second kappa shape index (κ2) is 7.71. The number of thiazole rings is 1. The molecule has 0 saturated heterocycles. The second-order valence-electron chi connectivity index (χ2n) is 9.43. The highest BCUT2D eigenvalue weighted by Crippen LogP contribution is 2.59. The summed E-state index contributed by atoms with van der Waals surface area (Å²) in [5.74, 6) is 2.11. The highest BCUT2D eigenvalue weighted by molar-refractivity contribution is 7.18. The summed E-state index contributed by atoms with van der Waals surface area (Å²) in [7, 11) is 0. The van der Waals surface area contributed by atoms with Gasteiger partial charge >= 0.3 is 5.97 Å². The number of fused-ring (bicyclic) bond motifs is 1. The van der Waals surface area contributed by atoms with Crippen LogP contribution < -0.4 is 5.32 Å². The quantitative estimate of drug-likeness (QED) is 0.695. The van der Waals surface area contributed by atoms with Crippen molar-refractivity contribution in [3.8, 4) is 0 Å². The van der Waals surface area contributed by atoms with Crippen molar-refractivity contribution in [2.75, 3.05) is 13.2 Å². The van der Waals surface area contributed by atoms with Crippen LogP contribution in [0.2, 0.25) is 0 Å². The van der Waals surface area contributed by atoms with Crippen molar-refractivity contribution < 1.29 is 14.3 Å². The lowest BCUT2D eigenvalue weighted by Crippen LogP contribution is -2.51. The molecule has 0 spiro atoms. The number of benzene rings is 1. The van der Waals surface area contributed by atoms with Gasteiger partial charge in [-0.1, -0.05) is 12.1 Å². The second-order valence-corrected chi connectivity index (χ2v) is 10.5. The summed E-state index contributed by atoms with van der Waals surface area (Å²) in [6, 6.07) is 7.95. The van der Waals surface area contributed by atoms with E-state index in [1.54, 1.807) is 11.3 Å². The molecule has 4 aliphatic rings. The van der Waals surface area contributed by atoms with Gasteiger partial charge in [0.15, 0.2) is 6.61 Å². The van der Waals surface area contributed by atoms with Crippen molar-refractivity contribution in [1.82, 2.24) is 10.3 Å². The van der Waals surface area contributed by atoms with Crippen molar-refractivity contribution in [2.24, 2.45) is 23.2 Å². The minimum Gasteiger partial charge on any atom is -0.456 e. The van der Waals surface area contributed by atoms with Crippen LogP contribution in [0.4, 0.5) is 0 Å². The fourth-order valence-corrected chi connectivity index (χ4v) is 7.26. The minimum atomic E-state index is -0.339. The normalized spacial score (nSPS) is 29.9. The fraction of sp³-hybridized carbons (Fsp3) is 0.609. The molecule has 6 heteroatoms. The van der Waals surface area contributed by atoms with E-state index in [-0.39, 0.29) is 24.9 Å². The number of rotatable bonds is 7. The van der Waals surface area contributed by atoms with Gasteiger partial charge in [0.05, 0.1) is 21.6 Å². The van der Waals surface area contributed by atoms with Crippen LogP contribution in [0.1, 0.15) is 50.0 Å². The fourth-order valence-electron chi connectivity index (χ4n) is 6.30. The highest BCUT2D eigenvalue weighted by Gasteiger charge is 2.50. The van der Waals surface area contributed by atoms with Crippen LogP contribution in [0.25, 0.3) is 10.2 Å². The van der Waals surface area contributed by atoms with E-state index in [0.717, 1.165) is 39.5 Å². The molecule has 4 bridgehead atoms. The van der Waals surface area contributed by atoms with E-state index in [2.05, 4.69) is 10.3 Å². The summed E-state index contributed by atoms with van der Waals surface area (Å²) in [5, 5.41) is 3.99. The van der Waals surface area contributed by atoms with Gasteiger partial charge in [-0.15, -0.1) is 11.3 Å². The maximum Gasteiger partial charge on any atom is 0.306 e. The van der Waals surface area contributed by atoms with Crippen molar-refractivity contribution in [1.29, 1.82) is 0 Å². The number of carbonyl (C=O) groups excluding carboxylic acids is 2. The van der Waals surface area contributed by atoms with E-state index < -0.39 is 0 Å². The molecule has 154 valence electrons. The lowest BCUT2D eigenvalue weighted by Gasteiger charge is -2.56. The van der Waals surface area contributed by atoms with Gasteiger partial charge in [-0.3, -0.25) is 9.59 Å². The third-order valence-electron chi connectivity index (χ3n) is 7.07. The SMILES string of the molecule is O=C(COC(=O)CCc1nc2ccccc2s1)NCC12CC3CC(CC(C3)C1)C2. The molecular weight excluding hydrogens is 384 g/mol. The Morgan fingerprint density at radius 1 is 1.10 bits per heavy atom. The number of esters is 1. The van der Waals surface area contributed by atoms with E-state index in [1.165, 1.54) is 38.5 Å². The minimum absolute atomic E-state index is 0.172. The van der Waals surface area contributed by atoms with Gasteiger partial charge in [-0.05, 0) is 73.8 Å². The summed E-state index contributed by atoms with van der Waals surface area (Å²) in [5.41, 5.74) is 1.27. The highest BCUT2D eigenvalue weighted by atomic mass is 32.1. The van der Waals surface area contributed by atoms with Crippen LogP contribution in [0.3, 0.4) is 0 Å².